The summed E-state index contributed by atoms with van der Waals surface area (Å²) in [5, 5.41) is 0. The first kappa shape index (κ1) is 10.7. The SMILES string of the molecule is NC(=O)Oc1cc(F)ccc1C1=CCCC1. The van der Waals surface area contributed by atoms with Crippen LogP contribution >= 0.6 is 0 Å². The molecule has 0 aliphatic heterocycles. The topological polar surface area (TPSA) is 52.3 Å². The Morgan fingerprint density at radius 2 is 2.25 bits per heavy atom. The van der Waals surface area contributed by atoms with E-state index in [-0.39, 0.29) is 5.75 Å². The van der Waals surface area contributed by atoms with Crippen LogP contribution in [0.4, 0.5) is 9.18 Å². The molecule has 0 fully saturated rings. The summed E-state index contributed by atoms with van der Waals surface area (Å²) in [5.74, 6) is -0.251. The van der Waals surface area contributed by atoms with Gasteiger partial charge in [0.1, 0.15) is 11.6 Å². The van der Waals surface area contributed by atoms with Gasteiger partial charge in [-0.25, -0.2) is 9.18 Å². The Balaban J connectivity index is 2.39. The fourth-order valence-electron chi connectivity index (χ4n) is 1.87. The fraction of sp³-hybridized carbons (Fsp3) is 0.250. The van der Waals surface area contributed by atoms with E-state index in [1.54, 1.807) is 6.07 Å². The number of amides is 1. The quantitative estimate of drug-likeness (QED) is 0.834. The third-order valence-corrected chi connectivity index (χ3v) is 2.54. The molecule has 1 amide bonds. The lowest BCUT2D eigenvalue weighted by Gasteiger charge is -2.09. The Morgan fingerprint density at radius 1 is 1.44 bits per heavy atom. The number of allylic oxidation sites excluding steroid dienone is 2. The van der Waals surface area contributed by atoms with Crippen LogP contribution in [0, 0.1) is 5.82 Å². The first-order valence-corrected chi connectivity index (χ1v) is 5.13. The molecular weight excluding hydrogens is 209 g/mol. The minimum Gasteiger partial charge on any atom is -0.410 e. The van der Waals surface area contributed by atoms with Gasteiger partial charge < -0.3 is 10.5 Å². The number of benzene rings is 1. The van der Waals surface area contributed by atoms with Crippen LogP contribution in [0.5, 0.6) is 5.75 Å². The van der Waals surface area contributed by atoms with Crippen LogP contribution in [-0.2, 0) is 0 Å². The monoisotopic (exact) mass is 221 g/mol. The molecule has 84 valence electrons. The Hall–Kier alpha value is -1.84. The molecule has 0 saturated carbocycles. The number of carbonyl (C=O) groups excluding carboxylic acids is 1. The summed E-state index contributed by atoms with van der Waals surface area (Å²) in [6.07, 6.45) is 4.14. The number of rotatable bonds is 2. The molecule has 1 aromatic rings. The minimum atomic E-state index is -0.926. The summed E-state index contributed by atoms with van der Waals surface area (Å²) in [6, 6.07) is 4.15. The number of nitrogens with two attached hydrogens (primary N) is 1. The summed E-state index contributed by atoms with van der Waals surface area (Å²) >= 11 is 0. The van der Waals surface area contributed by atoms with Gasteiger partial charge in [0, 0.05) is 11.6 Å². The molecule has 0 spiro atoms. The van der Waals surface area contributed by atoms with Crippen molar-refractivity contribution in [3.63, 3.8) is 0 Å². The average Bonchev–Trinajstić information content (AvgIpc) is 2.69. The highest BCUT2D eigenvalue weighted by atomic mass is 19.1. The summed E-state index contributed by atoms with van der Waals surface area (Å²) in [4.78, 5) is 10.7. The molecule has 4 heteroatoms. The number of primary amides is 1. The van der Waals surface area contributed by atoms with Crippen LogP contribution in [0.3, 0.4) is 0 Å². The summed E-state index contributed by atoms with van der Waals surface area (Å²) in [7, 11) is 0. The molecule has 0 heterocycles. The second-order valence-electron chi connectivity index (χ2n) is 3.68. The van der Waals surface area contributed by atoms with Crippen LogP contribution in [0.2, 0.25) is 0 Å². The Bertz CT molecular complexity index is 454. The van der Waals surface area contributed by atoms with Crippen molar-refractivity contribution < 1.29 is 13.9 Å². The molecule has 3 nitrogen and oxygen atoms in total. The molecule has 2 rings (SSSR count). The molecule has 16 heavy (non-hydrogen) atoms. The van der Waals surface area contributed by atoms with Crippen molar-refractivity contribution in [2.75, 3.05) is 0 Å². The van der Waals surface area contributed by atoms with Crippen LogP contribution in [0.1, 0.15) is 24.8 Å². The number of hydrogen-bond donors (Lipinski definition) is 1. The lowest BCUT2D eigenvalue weighted by molar-refractivity contribution is 0.210. The van der Waals surface area contributed by atoms with Gasteiger partial charge in [-0.3, -0.25) is 0 Å². The van der Waals surface area contributed by atoms with Crippen LogP contribution in [0.25, 0.3) is 5.57 Å². The summed E-state index contributed by atoms with van der Waals surface area (Å²) in [5.41, 5.74) is 6.77. The summed E-state index contributed by atoms with van der Waals surface area (Å²) < 4.78 is 17.8. The third-order valence-electron chi connectivity index (χ3n) is 2.54. The zero-order valence-corrected chi connectivity index (χ0v) is 8.70. The Kier molecular flexibility index (Phi) is 2.90. The van der Waals surface area contributed by atoms with Crippen molar-refractivity contribution in [3.8, 4) is 5.75 Å². The highest BCUT2D eigenvalue weighted by Gasteiger charge is 2.14. The second kappa shape index (κ2) is 4.35. The van der Waals surface area contributed by atoms with Crippen molar-refractivity contribution in [1.29, 1.82) is 0 Å². The Morgan fingerprint density at radius 3 is 2.88 bits per heavy atom. The van der Waals surface area contributed by atoms with E-state index in [9.17, 15) is 9.18 Å². The van der Waals surface area contributed by atoms with Gasteiger partial charge >= 0.3 is 6.09 Å². The number of halogens is 1. The normalized spacial score (nSPS) is 14.7. The molecule has 2 N–H and O–H groups in total. The molecule has 0 atom stereocenters. The smallest absolute Gasteiger partial charge is 0.409 e. The van der Waals surface area contributed by atoms with E-state index in [4.69, 9.17) is 10.5 Å². The zero-order chi connectivity index (χ0) is 11.5. The maximum absolute atomic E-state index is 13.0. The van der Waals surface area contributed by atoms with E-state index in [2.05, 4.69) is 6.08 Å². The van der Waals surface area contributed by atoms with Crippen LogP contribution in [-0.4, -0.2) is 6.09 Å². The molecule has 1 aromatic carbocycles. The zero-order valence-electron chi connectivity index (χ0n) is 8.70. The van der Waals surface area contributed by atoms with Crippen molar-refractivity contribution in [3.05, 3.63) is 35.7 Å². The van der Waals surface area contributed by atoms with Gasteiger partial charge in [-0.1, -0.05) is 6.08 Å². The van der Waals surface area contributed by atoms with E-state index in [0.29, 0.717) is 0 Å². The first-order valence-electron chi connectivity index (χ1n) is 5.13. The molecule has 0 radical (unpaired) electrons. The third kappa shape index (κ3) is 2.21. The molecule has 1 aliphatic carbocycles. The van der Waals surface area contributed by atoms with Crippen LogP contribution in [0.15, 0.2) is 24.3 Å². The maximum Gasteiger partial charge on any atom is 0.409 e. The van der Waals surface area contributed by atoms with E-state index in [1.807, 2.05) is 0 Å². The molecule has 0 bridgehead atoms. The number of ether oxygens (including phenoxy) is 1. The summed E-state index contributed by atoms with van der Waals surface area (Å²) in [6.45, 7) is 0. The average molecular weight is 221 g/mol. The minimum absolute atomic E-state index is 0.195. The van der Waals surface area contributed by atoms with Gasteiger partial charge in [-0.15, -0.1) is 0 Å². The number of hydrogen-bond acceptors (Lipinski definition) is 2. The van der Waals surface area contributed by atoms with Crippen molar-refractivity contribution in [1.82, 2.24) is 0 Å². The van der Waals surface area contributed by atoms with Gasteiger partial charge in [0.15, 0.2) is 0 Å². The Labute approximate surface area is 92.7 Å². The predicted octanol–water partition coefficient (Wildman–Crippen LogP) is 2.85. The first-order chi connectivity index (χ1) is 7.66. The van der Waals surface area contributed by atoms with Gasteiger partial charge in [0.05, 0.1) is 0 Å². The molecule has 0 unspecified atom stereocenters. The van der Waals surface area contributed by atoms with E-state index in [0.717, 1.165) is 30.4 Å². The largest absolute Gasteiger partial charge is 0.410 e. The van der Waals surface area contributed by atoms with Gasteiger partial charge in [0.25, 0.3) is 0 Å². The molecule has 1 aliphatic rings. The van der Waals surface area contributed by atoms with E-state index >= 15 is 0 Å². The molecular formula is C12H12FNO2. The van der Waals surface area contributed by atoms with Crippen molar-refractivity contribution in [2.45, 2.75) is 19.3 Å². The maximum atomic E-state index is 13.0. The van der Waals surface area contributed by atoms with Gasteiger partial charge in [-0.2, -0.15) is 0 Å². The standard InChI is InChI=1S/C12H12FNO2/c13-9-5-6-10(8-3-1-2-4-8)11(7-9)16-12(14)15/h3,5-7H,1-2,4H2,(H2,14,15). The van der Waals surface area contributed by atoms with E-state index < -0.39 is 11.9 Å². The number of carbonyl (C=O) groups is 1. The van der Waals surface area contributed by atoms with Gasteiger partial charge in [0.2, 0.25) is 0 Å². The predicted molar refractivity (Wildman–Crippen MR) is 58.4 cm³/mol. The van der Waals surface area contributed by atoms with E-state index in [1.165, 1.54) is 12.1 Å². The van der Waals surface area contributed by atoms with Crippen LogP contribution < -0.4 is 10.5 Å². The highest BCUT2D eigenvalue weighted by molar-refractivity contribution is 5.76. The highest BCUT2D eigenvalue weighted by Crippen LogP contribution is 2.34. The lowest BCUT2D eigenvalue weighted by Crippen LogP contribution is -2.17. The molecule has 0 saturated heterocycles. The second-order valence-corrected chi connectivity index (χ2v) is 3.68. The molecule has 0 aromatic heterocycles. The fourth-order valence-corrected chi connectivity index (χ4v) is 1.87. The van der Waals surface area contributed by atoms with Crippen molar-refractivity contribution in [2.24, 2.45) is 5.73 Å². The lowest BCUT2D eigenvalue weighted by atomic mass is 10.0. The van der Waals surface area contributed by atoms with Gasteiger partial charge in [-0.05, 0) is 37.0 Å². The van der Waals surface area contributed by atoms with Crippen molar-refractivity contribution >= 4 is 11.7 Å².